The van der Waals surface area contributed by atoms with Crippen LogP contribution in [0.2, 0.25) is 0 Å². The van der Waals surface area contributed by atoms with E-state index in [0.717, 1.165) is 30.7 Å². The molecule has 1 saturated heterocycles. The monoisotopic (exact) mass is 247 g/mol. The second-order valence-corrected chi connectivity index (χ2v) is 7.62. The van der Waals surface area contributed by atoms with Gasteiger partial charge in [0.15, 0.2) is 0 Å². The summed E-state index contributed by atoms with van der Waals surface area (Å²) in [6.07, 6.45) is 11.3. The van der Waals surface area contributed by atoms with E-state index in [9.17, 15) is 4.79 Å². The minimum absolute atomic E-state index is 0.138. The van der Waals surface area contributed by atoms with E-state index in [-0.39, 0.29) is 5.41 Å². The number of carbonyl (C=O) groups excluding carboxylic acids is 1. The molecule has 4 saturated carbocycles. The molecule has 0 radical (unpaired) electrons. The third kappa shape index (κ3) is 1.76. The molecule has 0 amide bonds. The molecule has 18 heavy (non-hydrogen) atoms. The molecule has 100 valence electrons. The normalized spacial score (nSPS) is 49.8. The van der Waals surface area contributed by atoms with Crippen molar-refractivity contribution >= 4 is 5.78 Å². The Bertz CT molecular complexity index is 321. The fraction of sp³-hybridized carbons (Fsp3) is 0.938. The van der Waals surface area contributed by atoms with Crippen molar-refractivity contribution in [2.24, 2.45) is 23.2 Å². The summed E-state index contributed by atoms with van der Waals surface area (Å²) < 4.78 is 0. The van der Waals surface area contributed by atoms with Gasteiger partial charge < -0.3 is 5.32 Å². The van der Waals surface area contributed by atoms with Crippen molar-refractivity contribution in [3.05, 3.63) is 0 Å². The number of nitrogens with one attached hydrogen (secondary N) is 1. The van der Waals surface area contributed by atoms with E-state index < -0.39 is 0 Å². The highest BCUT2D eigenvalue weighted by atomic mass is 16.1. The number of ketones is 1. The predicted molar refractivity (Wildman–Crippen MR) is 71.3 cm³/mol. The van der Waals surface area contributed by atoms with Crippen molar-refractivity contribution in [1.82, 2.24) is 5.32 Å². The lowest BCUT2D eigenvalue weighted by molar-refractivity contribution is -0.144. The fourth-order valence-corrected chi connectivity index (χ4v) is 5.82. The predicted octanol–water partition coefficient (Wildman–Crippen LogP) is 2.91. The summed E-state index contributed by atoms with van der Waals surface area (Å²) in [7, 11) is 0. The van der Waals surface area contributed by atoms with Crippen molar-refractivity contribution in [3.8, 4) is 0 Å². The summed E-state index contributed by atoms with van der Waals surface area (Å²) in [6, 6.07) is 0.505. The maximum absolute atomic E-state index is 12.8. The standard InChI is InChI=1S/C16H25NO/c18-15(7-14-2-1-3-17-14)16-8-11-4-12(9-16)6-13(5-11)10-16/h11-14,17H,1-10H2. The molecule has 4 bridgehead atoms. The lowest BCUT2D eigenvalue weighted by Crippen LogP contribution is -2.50. The summed E-state index contributed by atoms with van der Waals surface area (Å²) in [5, 5.41) is 3.50. The molecule has 5 aliphatic rings. The molecule has 0 aromatic rings. The first-order valence-corrected chi connectivity index (χ1v) is 8.00. The fourth-order valence-electron chi connectivity index (χ4n) is 5.82. The van der Waals surface area contributed by atoms with Crippen LogP contribution in [0.5, 0.6) is 0 Å². The molecule has 1 atom stereocenters. The SMILES string of the molecule is O=C(CC1CCCN1)C12CC3CC(CC(C3)C1)C2. The molecule has 5 fully saturated rings. The van der Waals surface area contributed by atoms with Gasteiger partial charge in [-0.25, -0.2) is 0 Å². The molecule has 1 aliphatic heterocycles. The van der Waals surface area contributed by atoms with E-state index in [4.69, 9.17) is 0 Å². The van der Waals surface area contributed by atoms with Crippen molar-refractivity contribution in [1.29, 1.82) is 0 Å². The molecular formula is C16H25NO. The molecule has 2 nitrogen and oxygen atoms in total. The molecule has 1 unspecified atom stereocenters. The average molecular weight is 247 g/mol. The Morgan fingerprint density at radius 1 is 1.06 bits per heavy atom. The van der Waals surface area contributed by atoms with E-state index in [1.165, 1.54) is 51.4 Å². The lowest BCUT2D eigenvalue weighted by Gasteiger charge is -2.56. The molecule has 1 heterocycles. The number of Topliss-reactive ketones (excluding diaryl/α,β-unsaturated/α-hetero) is 1. The largest absolute Gasteiger partial charge is 0.314 e. The van der Waals surface area contributed by atoms with Crippen LogP contribution in [0.1, 0.15) is 57.8 Å². The minimum Gasteiger partial charge on any atom is -0.314 e. The highest BCUT2D eigenvalue weighted by molar-refractivity contribution is 5.86. The smallest absolute Gasteiger partial charge is 0.140 e. The molecule has 0 spiro atoms. The Labute approximate surface area is 110 Å². The van der Waals surface area contributed by atoms with Crippen LogP contribution in [0.3, 0.4) is 0 Å². The lowest BCUT2D eigenvalue weighted by atomic mass is 9.48. The first kappa shape index (κ1) is 11.5. The van der Waals surface area contributed by atoms with Gasteiger partial charge in [0, 0.05) is 17.9 Å². The topological polar surface area (TPSA) is 29.1 Å². The zero-order valence-corrected chi connectivity index (χ0v) is 11.3. The maximum Gasteiger partial charge on any atom is 0.140 e. The third-order valence-electron chi connectivity index (χ3n) is 6.22. The Morgan fingerprint density at radius 3 is 2.17 bits per heavy atom. The van der Waals surface area contributed by atoms with Crippen LogP contribution in [0.4, 0.5) is 0 Å². The average Bonchev–Trinajstić information content (AvgIpc) is 2.79. The molecule has 0 aromatic heterocycles. The molecular weight excluding hydrogens is 222 g/mol. The van der Waals surface area contributed by atoms with Crippen LogP contribution in [0.15, 0.2) is 0 Å². The van der Waals surface area contributed by atoms with Gasteiger partial charge in [-0.3, -0.25) is 4.79 Å². The molecule has 5 rings (SSSR count). The molecule has 4 aliphatic carbocycles. The second-order valence-electron chi connectivity index (χ2n) is 7.62. The van der Waals surface area contributed by atoms with Gasteiger partial charge in [-0.05, 0) is 75.7 Å². The highest BCUT2D eigenvalue weighted by Gasteiger charge is 2.54. The molecule has 2 heteroatoms. The Morgan fingerprint density at radius 2 is 1.67 bits per heavy atom. The Hall–Kier alpha value is -0.370. The van der Waals surface area contributed by atoms with Crippen LogP contribution in [0, 0.1) is 23.2 Å². The zero-order valence-electron chi connectivity index (χ0n) is 11.3. The van der Waals surface area contributed by atoms with Crippen LogP contribution < -0.4 is 5.32 Å². The maximum atomic E-state index is 12.8. The van der Waals surface area contributed by atoms with E-state index in [1.807, 2.05) is 0 Å². The summed E-state index contributed by atoms with van der Waals surface area (Å²) in [6.45, 7) is 1.12. The summed E-state index contributed by atoms with van der Waals surface area (Å²) >= 11 is 0. The Balaban J connectivity index is 1.50. The quantitative estimate of drug-likeness (QED) is 0.831. The van der Waals surface area contributed by atoms with Gasteiger partial charge in [0.25, 0.3) is 0 Å². The summed E-state index contributed by atoms with van der Waals surface area (Å²) in [5.74, 6) is 3.33. The van der Waals surface area contributed by atoms with Gasteiger partial charge in [-0.2, -0.15) is 0 Å². The third-order valence-corrected chi connectivity index (χ3v) is 6.22. The Kier molecular flexibility index (Phi) is 2.58. The second kappa shape index (κ2) is 4.06. The first-order chi connectivity index (χ1) is 8.73. The number of rotatable bonds is 3. The number of hydrogen-bond donors (Lipinski definition) is 1. The van der Waals surface area contributed by atoms with Gasteiger partial charge in [-0.15, -0.1) is 0 Å². The zero-order chi connectivity index (χ0) is 12.2. The van der Waals surface area contributed by atoms with Gasteiger partial charge in [0.2, 0.25) is 0 Å². The van der Waals surface area contributed by atoms with Crippen molar-refractivity contribution < 1.29 is 4.79 Å². The van der Waals surface area contributed by atoms with Crippen molar-refractivity contribution in [2.45, 2.75) is 63.8 Å². The van der Waals surface area contributed by atoms with Crippen LogP contribution in [-0.4, -0.2) is 18.4 Å². The van der Waals surface area contributed by atoms with Gasteiger partial charge in [0.1, 0.15) is 5.78 Å². The summed E-state index contributed by atoms with van der Waals surface area (Å²) in [4.78, 5) is 12.8. The highest BCUT2D eigenvalue weighted by Crippen LogP contribution is 2.60. The minimum atomic E-state index is 0.138. The first-order valence-electron chi connectivity index (χ1n) is 8.00. The van der Waals surface area contributed by atoms with Crippen LogP contribution >= 0.6 is 0 Å². The van der Waals surface area contributed by atoms with E-state index in [2.05, 4.69) is 5.32 Å². The number of carbonyl (C=O) groups is 1. The van der Waals surface area contributed by atoms with Gasteiger partial charge >= 0.3 is 0 Å². The van der Waals surface area contributed by atoms with Crippen LogP contribution in [0.25, 0.3) is 0 Å². The summed E-state index contributed by atoms with van der Waals surface area (Å²) in [5.41, 5.74) is 0.138. The molecule has 0 aromatic carbocycles. The van der Waals surface area contributed by atoms with E-state index >= 15 is 0 Å². The molecule has 1 N–H and O–H groups in total. The van der Waals surface area contributed by atoms with Crippen molar-refractivity contribution in [3.63, 3.8) is 0 Å². The van der Waals surface area contributed by atoms with Crippen LogP contribution in [-0.2, 0) is 4.79 Å². The van der Waals surface area contributed by atoms with Crippen molar-refractivity contribution in [2.75, 3.05) is 6.54 Å². The van der Waals surface area contributed by atoms with Gasteiger partial charge in [-0.1, -0.05) is 0 Å². The van der Waals surface area contributed by atoms with E-state index in [0.29, 0.717) is 11.8 Å². The van der Waals surface area contributed by atoms with Gasteiger partial charge in [0.05, 0.1) is 0 Å². The number of hydrogen-bond acceptors (Lipinski definition) is 2. The van der Waals surface area contributed by atoms with E-state index in [1.54, 1.807) is 0 Å².